The maximum absolute atomic E-state index is 12.0. The molecule has 0 bridgehead atoms. The van der Waals surface area contributed by atoms with E-state index >= 15 is 0 Å². The van der Waals surface area contributed by atoms with Gasteiger partial charge in [-0.3, -0.25) is 4.79 Å². The average molecular weight is 425 g/mol. The van der Waals surface area contributed by atoms with Crippen LogP contribution in [0, 0.1) is 0 Å². The molecule has 1 heterocycles. The van der Waals surface area contributed by atoms with Crippen LogP contribution in [0.2, 0.25) is 0 Å². The Morgan fingerprint density at radius 1 is 1.10 bits per heavy atom. The van der Waals surface area contributed by atoms with Gasteiger partial charge in [0.25, 0.3) is 5.91 Å². The van der Waals surface area contributed by atoms with Crippen LogP contribution in [0.3, 0.4) is 0 Å². The number of hydrogen-bond donors (Lipinski definition) is 1. The third-order valence-electron chi connectivity index (χ3n) is 3.10. The molecule has 0 saturated heterocycles. The Morgan fingerprint density at radius 3 is 2.71 bits per heavy atom. The number of benzene rings is 2. The van der Waals surface area contributed by atoms with Gasteiger partial charge >= 0.3 is 0 Å². The van der Waals surface area contributed by atoms with Gasteiger partial charge in [-0.2, -0.15) is 0 Å². The van der Waals surface area contributed by atoms with E-state index in [1.165, 1.54) is 5.56 Å². The molecule has 2 aromatic rings. The number of thioether (sulfide) groups is 1. The van der Waals surface area contributed by atoms with Crippen molar-refractivity contribution in [1.29, 1.82) is 0 Å². The summed E-state index contributed by atoms with van der Waals surface area (Å²) in [4.78, 5) is 12.0. The largest absolute Gasteiger partial charge is 0.321 e. The van der Waals surface area contributed by atoms with Gasteiger partial charge in [-0.1, -0.05) is 44.0 Å². The molecule has 0 unspecified atom stereocenters. The lowest BCUT2D eigenvalue weighted by molar-refractivity contribution is -0.110. The first kappa shape index (κ1) is 14.9. The average Bonchev–Trinajstić information content (AvgIpc) is 2.75. The lowest BCUT2D eigenvalue weighted by atomic mass is 10.1. The van der Waals surface area contributed by atoms with Crippen LogP contribution in [0.1, 0.15) is 11.1 Å². The van der Waals surface area contributed by atoms with Crippen LogP contribution >= 0.6 is 43.6 Å². The van der Waals surface area contributed by atoms with Crippen molar-refractivity contribution >= 4 is 60.8 Å². The molecule has 0 aliphatic carbocycles. The molecule has 2 aromatic carbocycles. The molecule has 0 fully saturated rings. The van der Waals surface area contributed by atoms with Crippen molar-refractivity contribution in [2.24, 2.45) is 0 Å². The number of nitrogens with one attached hydrogen (secondary N) is 1. The molecular weight excluding hydrogens is 414 g/mol. The second-order valence-electron chi connectivity index (χ2n) is 4.62. The Hall–Kier alpha value is -1.04. The molecule has 0 atom stereocenters. The maximum atomic E-state index is 12.0. The van der Waals surface area contributed by atoms with E-state index in [2.05, 4.69) is 49.3 Å². The van der Waals surface area contributed by atoms with Gasteiger partial charge in [0.05, 0.1) is 5.57 Å². The molecule has 2 nitrogen and oxygen atoms in total. The van der Waals surface area contributed by atoms with Crippen LogP contribution in [0.5, 0.6) is 0 Å². The lowest BCUT2D eigenvalue weighted by Gasteiger charge is -2.01. The summed E-state index contributed by atoms with van der Waals surface area (Å²) in [6, 6.07) is 14.0. The number of carbonyl (C=O) groups is 1. The van der Waals surface area contributed by atoms with E-state index in [1.54, 1.807) is 11.8 Å². The zero-order chi connectivity index (χ0) is 14.8. The van der Waals surface area contributed by atoms with Gasteiger partial charge in [-0.05, 0) is 41.3 Å². The quantitative estimate of drug-likeness (QED) is 0.664. The van der Waals surface area contributed by atoms with Gasteiger partial charge in [0.1, 0.15) is 0 Å². The Kier molecular flexibility index (Phi) is 4.52. The highest BCUT2D eigenvalue weighted by Gasteiger charge is 2.23. The number of anilines is 1. The summed E-state index contributed by atoms with van der Waals surface area (Å²) < 4.78 is 2.04. The van der Waals surface area contributed by atoms with Crippen LogP contribution in [0.15, 0.2) is 56.8 Å². The molecule has 106 valence electrons. The highest BCUT2D eigenvalue weighted by molar-refractivity contribution is 9.10. The van der Waals surface area contributed by atoms with Gasteiger partial charge < -0.3 is 5.32 Å². The molecule has 5 heteroatoms. The summed E-state index contributed by atoms with van der Waals surface area (Å²) in [6.07, 6.45) is 0. The summed E-state index contributed by atoms with van der Waals surface area (Å²) in [5.74, 6) is 0.796. The first-order valence-corrected chi connectivity index (χ1v) is 8.94. The van der Waals surface area contributed by atoms with Gasteiger partial charge in [0.15, 0.2) is 0 Å². The molecule has 1 N–H and O–H groups in total. The van der Waals surface area contributed by atoms with Crippen LogP contribution < -0.4 is 5.32 Å². The SMILES string of the molecule is O=C1Nc2ccc(Br)cc2C1=CSCc1cccc(Br)c1. The minimum absolute atomic E-state index is 0.0372. The Balaban J connectivity index is 1.78. The molecule has 1 aliphatic heterocycles. The third-order valence-corrected chi connectivity index (χ3v) is 4.99. The van der Waals surface area contributed by atoms with E-state index in [-0.39, 0.29) is 5.91 Å². The Labute approximate surface area is 144 Å². The number of hydrogen-bond acceptors (Lipinski definition) is 2. The molecular formula is C16H11Br2NOS. The van der Waals surface area contributed by atoms with E-state index in [0.29, 0.717) is 0 Å². The number of carbonyl (C=O) groups excluding carboxylic acids is 1. The van der Waals surface area contributed by atoms with Crippen molar-refractivity contribution < 1.29 is 4.79 Å². The monoisotopic (exact) mass is 423 g/mol. The third kappa shape index (κ3) is 3.42. The molecule has 0 spiro atoms. The minimum atomic E-state index is -0.0372. The number of amides is 1. The Bertz CT molecular complexity index is 743. The predicted octanol–water partition coefficient (Wildman–Crippen LogP) is 5.44. The zero-order valence-electron chi connectivity index (χ0n) is 10.9. The first-order valence-electron chi connectivity index (χ1n) is 6.31. The topological polar surface area (TPSA) is 29.1 Å². The Morgan fingerprint density at radius 2 is 1.90 bits per heavy atom. The van der Waals surface area contributed by atoms with Gasteiger partial charge in [-0.25, -0.2) is 0 Å². The highest BCUT2D eigenvalue weighted by atomic mass is 79.9. The summed E-state index contributed by atoms with van der Waals surface area (Å²) in [6.45, 7) is 0. The van der Waals surface area contributed by atoms with Crippen molar-refractivity contribution in [3.63, 3.8) is 0 Å². The molecule has 21 heavy (non-hydrogen) atoms. The lowest BCUT2D eigenvalue weighted by Crippen LogP contribution is -2.03. The van der Waals surface area contributed by atoms with Crippen molar-refractivity contribution in [1.82, 2.24) is 0 Å². The fourth-order valence-electron chi connectivity index (χ4n) is 2.13. The standard InChI is InChI=1S/C16H11Br2NOS/c17-11-3-1-2-10(6-11)8-21-9-14-13-7-12(18)4-5-15(13)19-16(14)20/h1-7,9H,8H2,(H,19,20). The number of fused-ring (bicyclic) bond motifs is 1. The van der Waals surface area contributed by atoms with Crippen LogP contribution in [0.25, 0.3) is 5.57 Å². The summed E-state index contributed by atoms with van der Waals surface area (Å²) >= 11 is 8.54. The number of halogens is 2. The minimum Gasteiger partial charge on any atom is -0.321 e. The van der Waals surface area contributed by atoms with Gasteiger partial charge in [0.2, 0.25) is 0 Å². The van der Waals surface area contributed by atoms with Crippen LogP contribution in [-0.4, -0.2) is 5.91 Å². The summed E-state index contributed by atoms with van der Waals surface area (Å²) in [5.41, 5.74) is 3.78. The molecule has 1 aliphatic rings. The maximum Gasteiger partial charge on any atom is 0.256 e. The smallest absolute Gasteiger partial charge is 0.256 e. The van der Waals surface area contributed by atoms with E-state index in [9.17, 15) is 4.79 Å². The van der Waals surface area contributed by atoms with Crippen LogP contribution in [0.4, 0.5) is 5.69 Å². The predicted molar refractivity (Wildman–Crippen MR) is 96.2 cm³/mol. The van der Waals surface area contributed by atoms with E-state index < -0.39 is 0 Å². The first-order chi connectivity index (χ1) is 10.1. The van der Waals surface area contributed by atoms with E-state index in [0.717, 1.165) is 31.5 Å². The van der Waals surface area contributed by atoms with E-state index in [4.69, 9.17) is 0 Å². The second kappa shape index (κ2) is 6.38. The zero-order valence-corrected chi connectivity index (χ0v) is 14.9. The molecule has 0 radical (unpaired) electrons. The molecule has 0 saturated carbocycles. The normalized spacial score (nSPS) is 15.1. The fourth-order valence-corrected chi connectivity index (χ4v) is 3.79. The molecule has 0 aromatic heterocycles. The van der Waals surface area contributed by atoms with E-state index in [1.807, 2.05) is 35.7 Å². The van der Waals surface area contributed by atoms with Crippen molar-refractivity contribution in [3.8, 4) is 0 Å². The van der Waals surface area contributed by atoms with Gasteiger partial charge in [-0.15, -0.1) is 11.8 Å². The summed E-state index contributed by atoms with van der Waals surface area (Å²) in [7, 11) is 0. The molecule has 3 rings (SSSR count). The van der Waals surface area contributed by atoms with Crippen LogP contribution in [-0.2, 0) is 10.5 Å². The van der Waals surface area contributed by atoms with Crippen molar-refractivity contribution in [2.45, 2.75) is 5.75 Å². The molecule has 1 amide bonds. The van der Waals surface area contributed by atoms with Gasteiger partial charge in [0, 0.05) is 25.9 Å². The fraction of sp³-hybridized carbons (Fsp3) is 0.0625. The van der Waals surface area contributed by atoms with Crippen molar-refractivity contribution in [2.75, 3.05) is 5.32 Å². The van der Waals surface area contributed by atoms with Crippen molar-refractivity contribution in [3.05, 3.63) is 67.9 Å². The highest BCUT2D eigenvalue weighted by Crippen LogP contribution is 2.35. The number of rotatable bonds is 3. The second-order valence-corrected chi connectivity index (χ2v) is 7.31. The summed E-state index contributed by atoms with van der Waals surface area (Å²) in [5, 5.41) is 4.82.